The number of aromatic nitrogens is 1. The van der Waals surface area contributed by atoms with Crippen LogP contribution >= 0.6 is 0 Å². The zero-order chi connectivity index (χ0) is 19.3. The van der Waals surface area contributed by atoms with E-state index in [2.05, 4.69) is 50.9 Å². The summed E-state index contributed by atoms with van der Waals surface area (Å²) in [5.41, 5.74) is 10.3. The molecule has 1 heteroatoms. The molecule has 1 aromatic heterocycles. The molecule has 5 rings (SSSR count). The van der Waals surface area contributed by atoms with Crippen molar-refractivity contribution in [1.82, 2.24) is 4.98 Å². The fraction of sp³-hybridized carbons (Fsp3) is 0.519. The van der Waals surface area contributed by atoms with Gasteiger partial charge in [0.1, 0.15) is 0 Å². The molecule has 4 unspecified atom stereocenters. The Kier molecular flexibility index (Phi) is 4.65. The lowest BCUT2D eigenvalue weighted by Crippen LogP contribution is -2.15. The number of pyridine rings is 1. The Hall–Kier alpha value is -1.89. The van der Waals surface area contributed by atoms with Gasteiger partial charge in [-0.05, 0) is 103 Å². The summed E-state index contributed by atoms with van der Waals surface area (Å²) in [5.74, 6) is 2.83. The van der Waals surface area contributed by atoms with E-state index in [9.17, 15) is 0 Å². The van der Waals surface area contributed by atoms with Gasteiger partial charge in [0.2, 0.25) is 0 Å². The molecule has 2 bridgehead atoms. The van der Waals surface area contributed by atoms with Crippen molar-refractivity contribution in [3.8, 4) is 11.3 Å². The van der Waals surface area contributed by atoms with E-state index in [1.54, 1.807) is 22.3 Å². The van der Waals surface area contributed by atoms with Crippen molar-refractivity contribution in [2.45, 2.75) is 83.0 Å². The molecule has 0 radical (unpaired) electrons. The Labute approximate surface area is 170 Å². The van der Waals surface area contributed by atoms with Crippen LogP contribution in [0.3, 0.4) is 0 Å². The van der Waals surface area contributed by atoms with Crippen molar-refractivity contribution in [2.75, 3.05) is 0 Å². The molecule has 1 heterocycles. The zero-order valence-electron chi connectivity index (χ0n) is 17.5. The highest BCUT2D eigenvalue weighted by atomic mass is 14.7. The van der Waals surface area contributed by atoms with Crippen molar-refractivity contribution < 1.29 is 0 Å². The van der Waals surface area contributed by atoms with E-state index in [0.29, 0.717) is 5.92 Å². The van der Waals surface area contributed by atoms with E-state index < -0.39 is 0 Å². The van der Waals surface area contributed by atoms with Crippen LogP contribution in [0, 0.1) is 5.92 Å². The highest BCUT2D eigenvalue weighted by molar-refractivity contribution is 5.69. The van der Waals surface area contributed by atoms with Crippen molar-refractivity contribution >= 4 is 0 Å². The molecule has 0 saturated heterocycles. The second-order valence-corrected chi connectivity index (χ2v) is 9.38. The molecule has 0 aliphatic heterocycles. The summed E-state index contributed by atoms with van der Waals surface area (Å²) >= 11 is 0. The van der Waals surface area contributed by atoms with Crippen LogP contribution in [0.5, 0.6) is 0 Å². The van der Waals surface area contributed by atoms with Gasteiger partial charge in [-0.1, -0.05) is 32.4 Å². The van der Waals surface area contributed by atoms with Crippen molar-refractivity contribution in [1.29, 1.82) is 0 Å². The lowest BCUT2D eigenvalue weighted by molar-refractivity contribution is 0.445. The van der Waals surface area contributed by atoms with Gasteiger partial charge in [-0.25, -0.2) is 0 Å². The first-order valence-corrected chi connectivity index (χ1v) is 11.5. The third kappa shape index (κ3) is 2.86. The van der Waals surface area contributed by atoms with Gasteiger partial charge in [0.05, 0.1) is 5.69 Å². The lowest BCUT2D eigenvalue weighted by atomic mass is 9.78. The second-order valence-electron chi connectivity index (χ2n) is 9.38. The van der Waals surface area contributed by atoms with Gasteiger partial charge in [0.15, 0.2) is 0 Å². The number of rotatable bonds is 5. The first kappa shape index (κ1) is 18.2. The van der Waals surface area contributed by atoms with E-state index in [-0.39, 0.29) is 0 Å². The summed E-state index contributed by atoms with van der Waals surface area (Å²) in [6.07, 6.45) is 14.7. The topological polar surface area (TPSA) is 12.9 Å². The summed E-state index contributed by atoms with van der Waals surface area (Å²) in [5, 5.41) is 0. The average Bonchev–Trinajstić information content (AvgIpc) is 3.36. The van der Waals surface area contributed by atoms with Gasteiger partial charge < -0.3 is 0 Å². The molecule has 4 atom stereocenters. The fourth-order valence-corrected chi connectivity index (χ4v) is 6.16. The quantitative estimate of drug-likeness (QED) is 0.502. The average molecular weight is 372 g/mol. The molecular formula is C27H33N. The van der Waals surface area contributed by atoms with Crippen LogP contribution in [0.25, 0.3) is 11.3 Å². The van der Waals surface area contributed by atoms with Crippen LogP contribution in [-0.4, -0.2) is 4.98 Å². The van der Waals surface area contributed by atoms with Gasteiger partial charge in [-0.3, -0.25) is 4.98 Å². The van der Waals surface area contributed by atoms with Crippen molar-refractivity contribution in [2.24, 2.45) is 5.92 Å². The van der Waals surface area contributed by atoms with Gasteiger partial charge in [0.25, 0.3) is 0 Å². The fourth-order valence-electron chi connectivity index (χ4n) is 6.16. The van der Waals surface area contributed by atoms with Crippen LogP contribution in [0.1, 0.15) is 97.9 Å². The Balaban J connectivity index is 1.63. The van der Waals surface area contributed by atoms with Gasteiger partial charge in [-0.2, -0.15) is 0 Å². The summed E-state index contributed by atoms with van der Waals surface area (Å²) in [6.45, 7) is 8.76. The van der Waals surface area contributed by atoms with Gasteiger partial charge in [0, 0.05) is 17.7 Å². The number of allylic oxidation sites excluding steroid dienone is 1. The number of hydrogen-bond acceptors (Lipinski definition) is 1. The molecule has 0 amide bonds. The molecule has 1 aromatic carbocycles. The largest absolute Gasteiger partial charge is 0.256 e. The summed E-state index contributed by atoms with van der Waals surface area (Å²) in [4.78, 5) is 5.00. The van der Waals surface area contributed by atoms with Gasteiger partial charge in [-0.15, -0.1) is 6.58 Å². The monoisotopic (exact) mass is 371 g/mol. The SMILES string of the molecule is C=CC(CC)c1cc2c(cc1-c1cc3c(cn1)C1CCC3C1)CC(CC)CC2. The minimum absolute atomic E-state index is 0.413. The molecule has 2 aromatic rings. The maximum atomic E-state index is 5.00. The Morgan fingerprint density at radius 2 is 1.89 bits per heavy atom. The Morgan fingerprint density at radius 1 is 1.07 bits per heavy atom. The van der Waals surface area contributed by atoms with E-state index in [1.165, 1.54) is 61.8 Å². The van der Waals surface area contributed by atoms with E-state index in [4.69, 9.17) is 4.98 Å². The number of nitrogens with zero attached hydrogens (tertiary/aromatic N) is 1. The van der Waals surface area contributed by atoms with Gasteiger partial charge >= 0.3 is 0 Å². The zero-order valence-corrected chi connectivity index (χ0v) is 17.5. The van der Waals surface area contributed by atoms with Crippen LogP contribution in [0.2, 0.25) is 0 Å². The predicted octanol–water partition coefficient (Wildman–Crippen LogP) is 7.31. The maximum Gasteiger partial charge on any atom is 0.0708 e. The van der Waals surface area contributed by atoms with Crippen molar-refractivity contribution in [3.05, 3.63) is 64.9 Å². The summed E-state index contributed by atoms with van der Waals surface area (Å²) < 4.78 is 0. The maximum absolute atomic E-state index is 5.00. The summed E-state index contributed by atoms with van der Waals surface area (Å²) in [6, 6.07) is 7.45. The standard InChI is InChI=1S/C27H33N/c1-4-17-7-8-19-13-23(18(5-2)6-3)25(14-22(19)11-17)27-15-24-20-9-10-21(12-20)26(24)16-28-27/h5,13-18,20-21H,2,4,6-12H2,1,3H3. The highest BCUT2D eigenvalue weighted by Gasteiger charge is 2.37. The molecule has 0 N–H and O–H groups in total. The number of benzene rings is 1. The van der Waals surface area contributed by atoms with Crippen LogP contribution in [0.15, 0.2) is 37.1 Å². The Morgan fingerprint density at radius 3 is 2.64 bits per heavy atom. The third-order valence-corrected chi connectivity index (χ3v) is 7.96. The third-order valence-electron chi connectivity index (χ3n) is 7.96. The molecule has 1 fully saturated rings. The van der Waals surface area contributed by atoms with Crippen LogP contribution < -0.4 is 0 Å². The second kappa shape index (κ2) is 7.17. The predicted molar refractivity (Wildman–Crippen MR) is 118 cm³/mol. The minimum atomic E-state index is 0.413. The molecule has 1 saturated carbocycles. The first-order chi connectivity index (χ1) is 13.7. The summed E-state index contributed by atoms with van der Waals surface area (Å²) in [7, 11) is 0. The molecule has 1 nitrogen and oxygen atoms in total. The molecule has 146 valence electrons. The van der Waals surface area contributed by atoms with Crippen LogP contribution in [0.4, 0.5) is 0 Å². The molecule has 28 heavy (non-hydrogen) atoms. The van der Waals surface area contributed by atoms with E-state index in [0.717, 1.165) is 24.2 Å². The van der Waals surface area contributed by atoms with E-state index in [1.807, 2.05) is 0 Å². The normalized spacial score (nSPS) is 26.0. The molecule has 0 spiro atoms. The highest BCUT2D eigenvalue weighted by Crippen LogP contribution is 2.53. The smallest absolute Gasteiger partial charge is 0.0708 e. The number of hydrogen-bond donors (Lipinski definition) is 0. The molecular weight excluding hydrogens is 338 g/mol. The molecule has 3 aliphatic carbocycles. The first-order valence-electron chi connectivity index (χ1n) is 11.5. The minimum Gasteiger partial charge on any atom is -0.256 e. The Bertz CT molecular complexity index is 909. The van der Waals surface area contributed by atoms with E-state index >= 15 is 0 Å². The lowest BCUT2D eigenvalue weighted by Gasteiger charge is -2.27. The molecule has 3 aliphatic rings. The van der Waals surface area contributed by atoms with Crippen molar-refractivity contribution in [3.63, 3.8) is 0 Å². The number of fused-ring (bicyclic) bond motifs is 6. The van der Waals surface area contributed by atoms with Crippen LogP contribution in [-0.2, 0) is 12.8 Å². The number of aryl methyl sites for hydroxylation is 1.